The van der Waals surface area contributed by atoms with Crippen molar-refractivity contribution in [1.29, 1.82) is 0 Å². The summed E-state index contributed by atoms with van der Waals surface area (Å²) in [5.41, 5.74) is 5.21. The zero-order chi connectivity index (χ0) is 30.8. The molecular weight excluding hydrogens is 540 g/mol. The summed E-state index contributed by atoms with van der Waals surface area (Å²) in [5.74, 6) is -1.10. The van der Waals surface area contributed by atoms with Gasteiger partial charge in [0.1, 0.15) is 11.8 Å². The minimum Gasteiger partial charge on any atom is -0.480 e. The van der Waals surface area contributed by atoms with Gasteiger partial charge >= 0.3 is 5.97 Å². The van der Waals surface area contributed by atoms with E-state index in [-0.39, 0.29) is 23.9 Å². The Kier molecular flexibility index (Phi) is 10.6. The van der Waals surface area contributed by atoms with Crippen LogP contribution < -0.4 is 5.32 Å². The predicted molar refractivity (Wildman–Crippen MR) is 168 cm³/mol. The van der Waals surface area contributed by atoms with Gasteiger partial charge in [0.05, 0.1) is 0 Å². The summed E-state index contributed by atoms with van der Waals surface area (Å²) < 4.78 is 0. The highest BCUT2D eigenvalue weighted by molar-refractivity contribution is 6.12. The van der Waals surface area contributed by atoms with Crippen LogP contribution in [0.25, 0.3) is 11.1 Å². The van der Waals surface area contributed by atoms with Gasteiger partial charge in [-0.25, -0.2) is 4.79 Å². The van der Waals surface area contributed by atoms with Crippen LogP contribution in [0.5, 0.6) is 0 Å². The number of carboxylic acids is 1. The number of carbonyl (C=O) groups is 4. The predicted octanol–water partition coefficient (Wildman–Crippen LogP) is 6.41. The van der Waals surface area contributed by atoms with Gasteiger partial charge in [-0.05, 0) is 53.8 Å². The maximum Gasteiger partial charge on any atom is 0.326 e. The molecule has 0 bridgehead atoms. The maximum absolute atomic E-state index is 13.1. The van der Waals surface area contributed by atoms with Gasteiger partial charge in [0.15, 0.2) is 5.78 Å². The molecule has 0 aliphatic rings. The van der Waals surface area contributed by atoms with Gasteiger partial charge in [-0.15, -0.1) is 0 Å². The smallest absolute Gasteiger partial charge is 0.326 e. The van der Waals surface area contributed by atoms with E-state index in [2.05, 4.69) is 5.32 Å². The van der Waals surface area contributed by atoms with Crippen molar-refractivity contribution in [1.82, 2.24) is 4.90 Å². The minimum absolute atomic E-state index is 0.00431. The summed E-state index contributed by atoms with van der Waals surface area (Å²) in [6.45, 7) is 2.00. The van der Waals surface area contributed by atoms with Crippen LogP contribution in [0.15, 0.2) is 103 Å². The third kappa shape index (κ3) is 8.72. The fourth-order valence-electron chi connectivity index (χ4n) is 4.90. The summed E-state index contributed by atoms with van der Waals surface area (Å²) in [4.78, 5) is 50.6. The van der Waals surface area contributed by atoms with Gasteiger partial charge in [0, 0.05) is 49.7 Å². The van der Waals surface area contributed by atoms with Crippen molar-refractivity contribution in [2.24, 2.45) is 0 Å². The summed E-state index contributed by atoms with van der Waals surface area (Å²) >= 11 is 0. The molecule has 7 nitrogen and oxygen atoms in total. The third-order valence-electron chi connectivity index (χ3n) is 7.25. The van der Waals surface area contributed by atoms with Crippen LogP contribution in [0.1, 0.15) is 53.2 Å². The molecule has 4 aromatic carbocycles. The third-order valence-corrected chi connectivity index (χ3v) is 7.25. The molecule has 43 heavy (non-hydrogen) atoms. The van der Waals surface area contributed by atoms with E-state index in [1.54, 1.807) is 60.5 Å². The molecule has 1 atom stereocenters. The number of nitrogens with one attached hydrogen (secondary N) is 1. The lowest BCUT2D eigenvalue weighted by molar-refractivity contribution is -0.138. The normalized spacial score (nSPS) is 11.4. The molecule has 0 fully saturated rings. The zero-order valence-electron chi connectivity index (χ0n) is 24.5. The number of para-hydroxylation sites is 1. The van der Waals surface area contributed by atoms with Crippen molar-refractivity contribution in [3.63, 3.8) is 0 Å². The van der Waals surface area contributed by atoms with E-state index in [0.717, 1.165) is 22.3 Å². The van der Waals surface area contributed by atoms with Crippen molar-refractivity contribution in [3.8, 4) is 11.1 Å². The Morgan fingerprint density at radius 1 is 0.767 bits per heavy atom. The number of rotatable bonds is 14. The van der Waals surface area contributed by atoms with Crippen LogP contribution in [0.3, 0.4) is 0 Å². The molecule has 4 rings (SSSR count). The second-order valence-electron chi connectivity index (χ2n) is 10.7. The summed E-state index contributed by atoms with van der Waals surface area (Å²) in [7, 11) is 1.76. The number of ketones is 2. The van der Waals surface area contributed by atoms with Gasteiger partial charge in [-0.2, -0.15) is 0 Å². The molecule has 0 spiro atoms. The number of carbonyl (C=O) groups excluding carboxylic acids is 3. The number of aliphatic carboxylic acids is 1. The number of hydrogen-bond acceptors (Lipinski definition) is 5. The highest BCUT2D eigenvalue weighted by Gasteiger charge is 2.21. The fraction of sp³-hybridized carbons (Fsp3) is 0.222. The first kappa shape index (κ1) is 30.9. The Labute approximate surface area is 252 Å². The van der Waals surface area contributed by atoms with Crippen LogP contribution in [0, 0.1) is 0 Å². The van der Waals surface area contributed by atoms with Gasteiger partial charge in [0.25, 0.3) is 0 Å². The monoisotopic (exact) mass is 576 g/mol. The number of anilines is 1. The number of benzene rings is 4. The van der Waals surface area contributed by atoms with Crippen molar-refractivity contribution in [2.45, 2.75) is 45.2 Å². The Hall–Kier alpha value is -5.04. The standard InChI is InChI=1S/C36H36N2O5/c1-25(39)10-8-17-34(40)38(2)24-27-11-9-14-30(22-27)28-20-18-26(19-21-28)23-33(36(42)43)37-32-16-7-6-15-31(32)35(41)29-12-4-3-5-13-29/h3-7,9,11-16,18-22,33,37H,8,10,17,23-24H2,1-2H3,(H,42,43). The molecule has 1 amide bonds. The molecule has 0 aliphatic heterocycles. The van der Waals surface area contributed by atoms with Crippen LogP contribution in [-0.2, 0) is 27.3 Å². The highest BCUT2D eigenvalue weighted by atomic mass is 16.4. The fourth-order valence-corrected chi connectivity index (χ4v) is 4.90. The van der Waals surface area contributed by atoms with Crippen LogP contribution in [0.4, 0.5) is 5.69 Å². The molecule has 0 aromatic heterocycles. The number of carboxylic acid groups (broad SMARTS) is 1. The van der Waals surface area contributed by atoms with Crippen LogP contribution in [0.2, 0.25) is 0 Å². The largest absolute Gasteiger partial charge is 0.480 e. The zero-order valence-corrected chi connectivity index (χ0v) is 24.5. The van der Waals surface area contributed by atoms with Crippen LogP contribution in [-0.4, -0.2) is 46.5 Å². The van der Waals surface area contributed by atoms with E-state index in [1.807, 2.05) is 54.6 Å². The number of nitrogens with zero attached hydrogens (tertiary/aromatic N) is 1. The van der Waals surface area contributed by atoms with Gasteiger partial charge < -0.3 is 20.1 Å². The Morgan fingerprint density at radius 3 is 2.16 bits per heavy atom. The average molecular weight is 577 g/mol. The topological polar surface area (TPSA) is 104 Å². The van der Waals surface area contributed by atoms with Gasteiger partial charge in [-0.3, -0.25) is 9.59 Å². The molecule has 0 saturated heterocycles. The first-order chi connectivity index (χ1) is 20.7. The Balaban J connectivity index is 1.42. The average Bonchev–Trinajstić information content (AvgIpc) is 3.01. The summed E-state index contributed by atoms with van der Waals surface area (Å²) in [6.07, 6.45) is 1.54. The van der Waals surface area contributed by atoms with Gasteiger partial charge in [0.2, 0.25) is 5.91 Å². The molecular formula is C36H36N2O5. The minimum atomic E-state index is -1.02. The molecule has 0 saturated carbocycles. The van der Waals surface area contributed by atoms with Crippen molar-refractivity contribution in [3.05, 3.63) is 125 Å². The van der Waals surface area contributed by atoms with E-state index in [1.165, 1.54) is 6.92 Å². The van der Waals surface area contributed by atoms with Crippen molar-refractivity contribution in [2.75, 3.05) is 12.4 Å². The highest BCUT2D eigenvalue weighted by Crippen LogP contribution is 2.24. The Bertz CT molecular complexity index is 1580. The lowest BCUT2D eigenvalue weighted by atomic mass is 9.98. The first-order valence-corrected chi connectivity index (χ1v) is 14.3. The molecule has 220 valence electrons. The maximum atomic E-state index is 13.1. The van der Waals surface area contributed by atoms with E-state index >= 15 is 0 Å². The second-order valence-corrected chi connectivity index (χ2v) is 10.7. The second kappa shape index (κ2) is 14.7. The molecule has 7 heteroatoms. The Morgan fingerprint density at radius 2 is 1.47 bits per heavy atom. The van der Waals surface area contributed by atoms with E-state index in [9.17, 15) is 24.3 Å². The number of amides is 1. The molecule has 0 heterocycles. The van der Waals surface area contributed by atoms with E-state index < -0.39 is 12.0 Å². The summed E-state index contributed by atoms with van der Waals surface area (Å²) in [6, 6.07) is 30.6. The molecule has 1 unspecified atom stereocenters. The molecule has 4 aromatic rings. The van der Waals surface area contributed by atoms with Gasteiger partial charge in [-0.1, -0.05) is 84.9 Å². The lowest BCUT2D eigenvalue weighted by Gasteiger charge is -2.19. The SMILES string of the molecule is CC(=O)CCCC(=O)N(C)Cc1cccc(-c2ccc(CC(Nc3ccccc3C(=O)c3ccccc3)C(=O)O)cc2)c1. The van der Waals surface area contributed by atoms with Crippen LogP contribution >= 0.6 is 0 Å². The van der Waals surface area contributed by atoms with Crippen molar-refractivity contribution >= 4 is 29.1 Å². The number of hydrogen-bond donors (Lipinski definition) is 2. The number of Topliss-reactive ketones (excluding diaryl/α,β-unsaturated/α-hetero) is 1. The van der Waals surface area contributed by atoms with E-state index in [4.69, 9.17) is 0 Å². The summed E-state index contributed by atoms with van der Waals surface area (Å²) in [5, 5.41) is 13.1. The molecule has 2 N–H and O–H groups in total. The molecule has 0 aliphatic carbocycles. The quantitative estimate of drug-likeness (QED) is 0.168. The first-order valence-electron chi connectivity index (χ1n) is 14.3. The molecule has 0 radical (unpaired) electrons. The van der Waals surface area contributed by atoms with Crippen molar-refractivity contribution < 1.29 is 24.3 Å². The lowest BCUT2D eigenvalue weighted by Crippen LogP contribution is -2.32. The van der Waals surface area contributed by atoms with E-state index in [0.29, 0.717) is 42.6 Å².